The van der Waals surface area contributed by atoms with Gasteiger partial charge in [0.05, 0.1) is 6.61 Å². The molecule has 84 valence electrons. The van der Waals surface area contributed by atoms with Gasteiger partial charge in [0.1, 0.15) is 0 Å². The molecule has 15 heavy (non-hydrogen) atoms. The van der Waals surface area contributed by atoms with E-state index in [4.69, 9.17) is 9.84 Å². The number of carboxylic acids is 1. The topological polar surface area (TPSA) is 66.8 Å². The molecule has 1 aliphatic heterocycles. The van der Waals surface area contributed by atoms with Crippen LogP contribution in [-0.4, -0.2) is 41.8 Å². The first kappa shape index (κ1) is 11.6. The number of carbonyl (C=O) groups excluding carboxylic acids is 1. The molecule has 0 fully saturated rings. The molecule has 0 aromatic carbocycles. The zero-order chi connectivity index (χ0) is 11.3. The fourth-order valence-corrected chi connectivity index (χ4v) is 1.31. The summed E-state index contributed by atoms with van der Waals surface area (Å²) in [6, 6.07) is 0. The minimum absolute atomic E-state index is 0.324. The summed E-state index contributed by atoms with van der Waals surface area (Å²) in [7, 11) is 0. The van der Waals surface area contributed by atoms with E-state index >= 15 is 0 Å². The van der Waals surface area contributed by atoms with Crippen LogP contribution in [-0.2, 0) is 9.53 Å². The van der Waals surface area contributed by atoms with Gasteiger partial charge in [-0.1, -0.05) is 13.0 Å². The Balaban J connectivity index is 2.43. The minimum Gasteiger partial charge on any atom is -0.478 e. The van der Waals surface area contributed by atoms with Crippen LogP contribution in [0.5, 0.6) is 0 Å². The number of amides is 1. The first-order valence-electron chi connectivity index (χ1n) is 4.99. The van der Waals surface area contributed by atoms with Crippen LogP contribution in [0.4, 0.5) is 4.79 Å². The Morgan fingerprint density at radius 2 is 2.33 bits per heavy atom. The highest BCUT2D eigenvalue weighted by molar-refractivity contribution is 5.87. The van der Waals surface area contributed by atoms with Crippen molar-refractivity contribution in [2.75, 3.05) is 19.7 Å². The molecular formula is C10H15NO4. The molecule has 0 atom stereocenters. The normalized spacial score (nSPS) is 15.8. The molecule has 0 radical (unpaired) electrons. The molecule has 0 unspecified atom stereocenters. The lowest BCUT2D eigenvalue weighted by Gasteiger charge is -2.24. The molecule has 5 heteroatoms. The van der Waals surface area contributed by atoms with Gasteiger partial charge >= 0.3 is 12.1 Å². The van der Waals surface area contributed by atoms with Crippen molar-refractivity contribution in [3.63, 3.8) is 0 Å². The second kappa shape index (κ2) is 5.38. The van der Waals surface area contributed by atoms with Gasteiger partial charge in [0.25, 0.3) is 0 Å². The summed E-state index contributed by atoms with van der Waals surface area (Å²) in [5.41, 5.74) is 0.370. The molecule has 1 rings (SSSR count). The molecule has 0 aromatic heterocycles. The van der Waals surface area contributed by atoms with Crippen LogP contribution in [0.15, 0.2) is 11.6 Å². The van der Waals surface area contributed by atoms with Crippen LogP contribution < -0.4 is 0 Å². The number of carboxylic acid groups (broad SMARTS) is 1. The van der Waals surface area contributed by atoms with Crippen LogP contribution in [0.25, 0.3) is 0 Å². The van der Waals surface area contributed by atoms with Crippen LogP contribution >= 0.6 is 0 Å². The lowest BCUT2D eigenvalue weighted by Crippen LogP contribution is -2.36. The molecule has 0 bridgehead atoms. The predicted molar refractivity (Wildman–Crippen MR) is 53.5 cm³/mol. The van der Waals surface area contributed by atoms with Crippen LogP contribution in [0.2, 0.25) is 0 Å². The fraction of sp³-hybridized carbons (Fsp3) is 0.600. The maximum Gasteiger partial charge on any atom is 0.410 e. The Kier molecular flexibility index (Phi) is 4.15. The second-order valence-corrected chi connectivity index (χ2v) is 3.34. The lowest BCUT2D eigenvalue weighted by molar-refractivity contribution is -0.133. The van der Waals surface area contributed by atoms with E-state index in [1.807, 2.05) is 6.92 Å². The van der Waals surface area contributed by atoms with Gasteiger partial charge in [-0.25, -0.2) is 9.59 Å². The van der Waals surface area contributed by atoms with Gasteiger partial charge in [-0.15, -0.1) is 0 Å². The van der Waals surface area contributed by atoms with Gasteiger partial charge in [-0.3, -0.25) is 0 Å². The maximum atomic E-state index is 11.4. The van der Waals surface area contributed by atoms with E-state index in [0.29, 0.717) is 31.7 Å². The SMILES string of the molecule is CCCOC(=O)N1CC=C(C(=O)O)CC1. The highest BCUT2D eigenvalue weighted by atomic mass is 16.6. The van der Waals surface area contributed by atoms with Crippen molar-refractivity contribution in [2.45, 2.75) is 19.8 Å². The summed E-state index contributed by atoms with van der Waals surface area (Å²) >= 11 is 0. The van der Waals surface area contributed by atoms with E-state index in [2.05, 4.69) is 0 Å². The van der Waals surface area contributed by atoms with Crippen molar-refractivity contribution in [3.05, 3.63) is 11.6 Å². The molecule has 0 aliphatic carbocycles. The molecule has 0 aromatic rings. The van der Waals surface area contributed by atoms with E-state index in [0.717, 1.165) is 6.42 Å². The zero-order valence-corrected chi connectivity index (χ0v) is 8.73. The van der Waals surface area contributed by atoms with Crippen molar-refractivity contribution < 1.29 is 19.4 Å². The molecule has 0 saturated heterocycles. The first-order chi connectivity index (χ1) is 7.15. The number of nitrogens with zero attached hydrogens (tertiary/aromatic N) is 1. The molecule has 0 saturated carbocycles. The minimum atomic E-state index is -0.906. The van der Waals surface area contributed by atoms with Gasteiger partial charge in [-0.2, -0.15) is 0 Å². The highest BCUT2D eigenvalue weighted by Crippen LogP contribution is 2.11. The highest BCUT2D eigenvalue weighted by Gasteiger charge is 2.20. The number of rotatable bonds is 3. The molecule has 0 spiro atoms. The first-order valence-corrected chi connectivity index (χ1v) is 4.99. The summed E-state index contributed by atoms with van der Waals surface area (Å²) in [4.78, 5) is 23.5. The number of ether oxygens (including phenoxy) is 1. The average Bonchev–Trinajstić information content (AvgIpc) is 2.26. The monoisotopic (exact) mass is 213 g/mol. The zero-order valence-electron chi connectivity index (χ0n) is 8.73. The van der Waals surface area contributed by atoms with E-state index < -0.39 is 5.97 Å². The molecular weight excluding hydrogens is 198 g/mol. The molecule has 1 N–H and O–H groups in total. The largest absolute Gasteiger partial charge is 0.478 e. The Bertz CT molecular complexity index is 285. The van der Waals surface area contributed by atoms with Crippen molar-refractivity contribution in [3.8, 4) is 0 Å². The Hall–Kier alpha value is -1.52. The van der Waals surface area contributed by atoms with E-state index in [1.54, 1.807) is 6.08 Å². The third-order valence-electron chi connectivity index (χ3n) is 2.17. The van der Waals surface area contributed by atoms with Crippen LogP contribution in [0.1, 0.15) is 19.8 Å². The van der Waals surface area contributed by atoms with Gasteiger partial charge in [0.15, 0.2) is 0 Å². The number of aliphatic carboxylic acids is 1. The molecule has 1 amide bonds. The van der Waals surface area contributed by atoms with Crippen LogP contribution in [0.3, 0.4) is 0 Å². The molecule has 1 aliphatic rings. The van der Waals surface area contributed by atoms with Crippen LogP contribution in [0, 0.1) is 0 Å². The number of hydrogen-bond donors (Lipinski definition) is 1. The third-order valence-corrected chi connectivity index (χ3v) is 2.17. The van der Waals surface area contributed by atoms with Gasteiger partial charge in [0.2, 0.25) is 0 Å². The number of hydrogen-bond acceptors (Lipinski definition) is 3. The smallest absolute Gasteiger partial charge is 0.410 e. The second-order valence-electron chi connectivity index (χ2n) is 3.34. The lowest BCUT2D eigenvalue weighted by atomic mass is 10.1. The Labute approximate surface area is 88.3 Å². The van der Waals surface area contributed by atoms with Crippen molar-refractivity contribution in [1.82, 2.24) is 4.90 Å². The average molecular weight is 213 g/mol. The van der Waals surface area contributed by atoms with Crippen molar-refractivity contribution >= 4 is 12.1 Å². The van der Waals surface area contributed by atoms with Gasteiger partial charge < -0.3 is 14.7 Å². The van der Waals surface area contributed by atoms with E-state index in [-0.39, 0.29) is 6.09 Å². The van der Waals surface area contributed by atoms with Gasteiger partial charge in [-0.05, 0) is 12.8 Å². The summed E-state index contributed by atoms with van der Waals surface area (Å²) in [6.07, 6.45) is 2.36. The van der Waals surface area contributed by atoms with E-state index in [9.17, 15) is 9.59 Å². The third kappa shape index (κ3) is 3.27. The standard InChI is InChI=1S/C10H15NO4/c1-2-7-15-10(14)11-5-3-8(4-6-11)9(12)13/h3H,2,4-7H2,1H3,(H,12,13). The maximum absolute atomic E-state index is 11.4. The van der Waals surface area contributed by atoms with Crippen molar-refractivity contribution in [2.24, 2.45) is 0 Å². The summed E-state index contributed by atoms with van der Waals surface area (Å²) < 4.78 is 4.94. The predicted octanol–water partition coefficient (Wildman–Crippen LogP) is 1.25. The summed E-state index contributed by atoms with van der Waals surface area (Å²) in [6.45, 7) is 3.07. The summed E-state index contributed by atoms with van der Waals surface area (Å²) in [5.74, 6) is -0.906. The molecule has 1 heterocycles. The summed E-state index contributed by atoms with van der Waals surface area (Å²) in [5, 5.41) is 8.70. The Morgan fingerprint density at radius 3 is 2.80 bits per heavy atom. The Morgan fingerprint density at radius 1 is 1.60 bits per heavy atom. The fourth-order valence-electron chi connectivity index (χ4n) is 1.31. The van der Waals surface area contributed by atoms with Crippen molar-refractivity contribution in [1.29, 1.82) is 0 Å². The quantitative estimate of drug-likeness (QED) is 0.766. The number of carbonyl (C=O) groups is 2. The molecule has 5 nitrogen and oxygen atoms in total. The van der Waals surface area contributed by atoms with Gasteiger partial charge in [0, 0.05) is 18.7 Å². The van der Waals surface area contributed by atoms with E-state index in [1.165, 1.54) is 4.90 Å².